The zero-order valence-electron chi connectivity index (χ0n) is 8.04. The molecule has 1 aromatic carbocycles. The first-order chi connectivity index (χ1) is 6.68. The molecule has 0 atom stereocenters. The minimum atomic E-state index is -4.41. The van der Waals surface area contributed by atoms with Gasteiger partial charge in [0, 0.05) is 6.42 Å². The first-order valence-electron chi connectivity index (χ1n) is 4.29. The van der Waals surface area contributed by atoms with Gasteiger partial charge in [0.05, 0.1) is 5.56 Å². The van der Waals surface area contributed by atoms with Crippen LogP contribution in [0, 0.1) is 0 Å². The van der Waals surface area contributed by atoms with E-state index in [1.54, 1.807) is 0 Å². The van der Waals surface area contributed by atoms with E-state index < -0.39 is 17.5 Å². The van der Waals surface area contributed by atoms with Crippen molar-refractivity contribution in [3.05, 3.63) is 35.4 Å². The minimum absolute atomic E-state index is 0.234. The van der Waals surface area contributed by atoms with Crippen molar-refractivity contribution in [1.29, 1.82) is 0 Å². The van der Waals surface area contributed by atoms with Gasteiger partial charge in [0.1, 0.15) is 0 Å². The average Bonchev–Trinajstić information content (AvgIpc) is 1.99. The molecule has 0 radical (unpaired) electrons. The van der Waals surface area contributed by atoms with E-state index in [1.807, 2.05) is 0 Å². The van der Waals surface area contributed by atoms with Crippen molar-refractivity contribution in [2.75, 3.05) is 0 Å². The van der Waals surface area contributed by atoms with Crippen LogP contribution in [0.1, 0.15) is 18.1 Å². The highest BCUT2D eigenvalue weighted by Crippen LogP contribution is 2.30. The molecule has 0 aliphatic carbocycles. The summed E-state index contributed by atoms with van der Waals surface area (Å²) >= 11 is 0. The first kappa shape index (κ1) is 12.0. The van der Waals surface area contributed by atoms with Crippen molar-refractivity contribution >= 4 is 0 Å². The van der Waals surface area contributed by atoms with Crippen molar-refractivity contribution in [1.82, 2.24) is 0 Å². The number of hydrogen-bond donors (Lipinski definition) is 2. The van der Waals surface area contributed by atoms with Crippen LogP contribution < -0.4 is 0 Å². The van der Waals surface area contributed by atoms with Gasteiger partial charge in [0.2, 0.25) is 0 Å². The summed E-state index contributed by atoms with van der Waals surface area (Å²) in [5.74, 6) is -2.00. The van der Waals surface area contributed by atoms with Gasteiger partial charge in [-0.1, -0.05) is 18.2 Å². The number of alkyl halides is 3. The van der Waals surface area contributed by atoms with Crippen LogP contribution in [0.4, 0.5) is 13.2 Å². The van der Waals surface area contributed by atoms with Gasteiger partial charge in [-0.15, -0.1) is 0 Å². The molecule has 0 saturated carbocycles. The number of rotatable bonds is 2. The fraction of sp³-hybridized carbons (Fsp3) is 0.400. The Hall–Kier alpha value is -1.07. The SMILES string of the molecule is CC(O)(O)Cc1cccc(C(F)(F)F)c1. The van der Waals surface area contributed by atoms with Crippen molar-refractivity contribution in [3.8, 4) is 0 Å². The quantitative estimate of drug-likeness (QED) is 0.748. The summed E-state index contributed by atoms with van der Waals surface area (Å²) in [5.41, 5.74) is -0.554. The van der Waals surface area contributed by atoms with Gasteiger partial charge in [0.15, 0.2) is 5.79 Å². The summed E-state index contributed by atoms with van der Waals surface area (Å²) in [6.07, 6.45) is -4.64. The third-order valence-corrected chi connectivity index (χ3v) is 1.79. The lowest BCUT2D eigenvalue weighted by molar-refractivity contribution is -0.144. The Morgan fingerprint density at radius 1 is 1.20 bits per heavy atom. The van der Waals surface area contributed by atoms with Gasteiger partial charge in [-0.3, -0.25) is 0 Å². The normalized spacial score (nSPS) is 12.9. The maximum absolute atomic E-state index is 12.3. The van der Waals surface area contributed by atoms with E-state index in [1.165, 1.54) is 12.1 Å². The highest BCUT2D eigenvalue weighted by molar-refractivity contribution is 5.26. The van der Waals surface area contributed by atoms with E-state index in [4.69, 9.17) is 10.2 Å². The third-order valence-electron chi connectivity index (χ3n) is 1.79. The van der Waals surface area contributed by atoms with Crippen LogP contribution in [-0.4, -0.2) is 16.0 Å². The summed E-state index contributed by atoms with van der Waals surface area (Å²) in [5, 5.41) is 18.1. The minimum Gasteiger partial charge on any atom is -0.366 e. The van der Waals surface area contributed by atoms with Gasteiger partial charge < -0.3 is 10.2 Å². The highest BCUT2D eigenvalue weighted by atomic mass is 19.4. The Bertz CT molecular complexity index is 339. The summed E-state index contributed by atoms with van der Waals surface area (Å²) in [6.45, 7) is 1.12. The maximum atomic E-state index is 12.3. The molecule has 0 amide bonds. The fourth-order valence-corrected chi connectivity index (χ4v) is 1.24. The molecule has 1 aromatic rings. The van der Waals surface area contributed by atoms with Gasteiger partial charge in [-0.25, -0.2) is 0 Å². The van der Waals surface area contributed by atoms with Crippen LogP contribution in [0.2, 0.25) is 0 Å². The Kier molecular flexibility index (Phi) is 3.06. The molecule has 84 valence electrons. The molecule has 0 spiro atoms. The molecule has 1 rings (SSSR count). The molecular weight excluding hydrogens is 209 g/mol. The molecule has 0 aliphatic heterocycles. The second-order valence-electron chi connectivity index (χ2n) is 3.59. The summed E-state index contributed by atoms with van der Waals surface area (Å²) < 4.78 is 36.8. The third kappa shape index (κ3) is 3.89. The van der Waals surface area contributed by atoms with E-state index in [9.17, 15) is 13.2 Å². The predicted octanol–water partition coefficient (Wildman–Crippen LogP) is 1.95. The van der Waals surface area contributed by atoms with E-state index in [-0.39, 0.29) is 12.0 Å². The molecule has 2 nitrogen and oxygen atoms in total. The van der Waals surface area contributed by atoms with E-state index >= 15 is 0 Å². The van der Waals surface area contributed by atoms with E-state index in [0.717, 1.165) is 19.1 Å². The summed E-state index contributed by atoms with van der Waals surface area (Å²) in [6, 6.07) is 4.50. The van der Waals surface area contributed by atoms with Crippen molar-refractivity contribution in [2.24, 2.45) is 0 Å². The molecule has 0 unspecified atom stereocenters. The van der Waals surface area contributed by atoms with Gasteiger partial charge in [-0.05, 0) is 18.6 Å². The van der Waals surface area contributed by atoms with Crippen molar-refractivity contribution in [2.45, 2.75) is 25.3 Å². The average molecular weight is 220 g/mol. The second-order valence-corrected chi connectivity index (χ2v) is 3.59. The number of aliphatic hydroxyl groups is 2. The van der Waals surface area contributed by atoms with Crippen LogP contribution in [0.25, 0.3) is 0 Å². The second kappa shape index (κ2) is 3.83. The first-order valence-corrected chi connectivity index (χ1v) is 4.29. The Morgan fingerprint density at radius 2 is 1.80 bits per heavy atom. The molecule has 0 aliphatic rings. The van der Waals surface area contributed by atoms with Gasteiger partial charge >= 0.3 is 6.18 Å². The molecule has 0 aromatic heterocycles. The highest BCUT2D eigenvalue weighted by Gasteiger charge is 2.30. The number of benzene rings is 1. The lowest BCUT2D eigenvalue weighted by Gasteiger charge is -2.16. The van der Waals surface area contributed by atoms with Crippen LogP contribution in [0.3, 0.4) is 0 Å². The lowest BCUT2D eigenvalue weighted by Crippen LogP contribution is -2.26. The summed E-state index contributed by atoms with van der Waals surface area (Å²) in [7, 11) is 0. The standard InChI is InChI=1S/C10H11F3O2/c1-9(14,15)6-7-3-2-4-8(5-7)10(11,12)13/h2-5,14-15H,6H2,1H3. The Morgan fingerprint density at radius 3 is 2.27 bits per heavy atom. The molecule has 0 bridgehead atoms. The van der Waals surface area contributed by atoms with Crippen LogP contribution in [-0.2, 0) is 12.6 Å². The lowest BCUT2D eigenvalue weighted by atomic mass is 10.0. The van der Waals surface area contributed by atoms with E-state index in [2.05, 4.69) is 0 Å². The molecular formula is C10H11F3O2. The predicted molar refractivity (Wildman–Crippen MR) is 48.0 cm³/mol. The molecule has 5 heteroatoms. The Labute approximate surface area is 85.0 Å². The molecule has 2 N–H and O–H groups in total. The number of halogens is 3. The monoisotopic (exact) mass is 220 g/mol. The fourth-order valence-electron chi connectivity index (χ4n) is 1.24. The molecule has 0 heterocycles. The zero-order valence-corrected chi connectivity index (χ0v) is 8.04. The van der Waals surface area contributed by atoms with Crippen molar-refractivity contribution < 1.29 is 23.4 Å². The Balaban J connectivity index is 2.94. The van der Waals surface area contributed by atoms with Gasteiger partial charge in [-0.2, -0.15) is 13.2 Å². The summed E-state index contributed by atoms with van der Waals surface area (Å²) in [4.78, 5) is 0. The molecule has 0 fully saturated rings. The van der Waals surface area contributed by atoms with Gasteiger partial charge in [0.25, 0.3) is 0 Å². The molecule has 0 saturated heterocycles. The van der Waals surface area contributed by atoms with Crippen LogP contribution >= 0.6 is 0 Å². The van der Waals surface area contributed by atoms with Crippen molar-refractivity contribution in [3.63, 3.8) is 0 Å². The van der Waals surface area contributed by atoms with E-state index in [0.29, 0.717) is 0 Å². The van der Waals surface area contributed by atoms with Crippen LogP contribution in [0.15, 0.2) is 24.3 Å². The smallest absolute Gasteiger partial charge is 0.366 e. The number of hydrogen-bond acceptors (Lipinski definition) is 2. The topological polar surface area (TPSA) is 40.5 Å². The molecule has 15 heavy (non-hydrogen) atoms. The maximum Gasteiger partial charge on any atom is 0.416 e. The van der Waals surface area contributed by atoms with Crippen LogP contribution in [0.5, 0.6) is 0 Å². The largest absolute Gasteiger partial charge is 0.416 e. The zero-order chi connectivity index (χ0) is 11.7.